The second kappa shape index (κ2) is 9.41. The minimum atomic E-state index is -3.67. The summed E-state index contributed by atoms with van der Waals surface area (Å²) in [5, 5.41) is 11.9. The third-order valence-corrected chi connectivity index (χ3v) is 6.73. The van der Waals surface area contributed by atoms with Crippen molar-refractivity contribution >= 4 is 22.0 Å². The predicted octanol–water partition coefficient (Wildman–Crippen LogP) is 2.81. The van der Waals surface area contributed by atoms with Crippen LogP contribution in [-0.4, -0.2) is 37.5 Å². The van der Waals surface area contributed by atoms with Crippen LogP contribution in [0.2, 0.25) is 0 Å². The number of aryl methyl sites for hydroxylation is 1. The molecular weight excluding hydrogens is 378 g/mol. The lowest BCUT2D eigenvalue weighted by Gasteiger charge is -2.23. The molecule has 0 bridgehead atoms. The van der Waals surface area contributed by atoms with Gasteiger partial charge in [0.05, 0.1) is 17.0 Å². The van der Waals surface area contributed by atoms with Crippen LogP contribution < -0.4 is 10.0 Å². The van der Waals surface area contributed by atoms with Crippen molar-refractivity contribution in [3.63, 3.8) is 0 Å². The van der Waals surface area contributed by atoms with Gasteiger partial charge in [-0.15, -0.1) is 0 Å². The average molecular weight is 408 g/mol. The molecule has 3 N–H and O–H groups in total. The standard InChI is InChI=1S/C20H29N3O4S/c24-19(25)13-4-2-1-3-8-15-9-7-10-16(14-15)28(26,27)23-20-21-17-11-5-6-12-18(17)22-20/h7,9-10,14,17-18H,1-6,8,11-13H2,(H,24,25)(H2,21,22,23). The van der Waals surface area contributed by atoms with Crippen molar-refractivity contribution in [2.45, 2.75) is 81.2 Å². The summed E-state index contributed by atoms with van der Waals surface area (Å²) in [6.45, 7) is 0. The molecule has 2 unspecified atom stereocenters. The Morgan fingerprint density at radius 1 is 1.18 bits per heavy atom. The average Bonchev–Trinajstić information content (AvgIpc) is 3.06. The van der Waals surface area contributed by atoms with Crippen molar-refractivity contribution < 1.29 is 18.3 Å². The molecule has 154 valence electrons. The van der Waals surface area contributed by atoms with Crippen LogP contribution >= 0.6 is 0 Å². The fourth-order valence-electron chi connectivity index (χ4n) is 3.88. The summed E-state index contributed by atoms with van der Waals surface area (Å²) in [5.74, 6) is -0.397. The molecule has 1 heterocycles. The fraction of sp³-hybridized carbons (Fsp3) is 0.600. The maximum Gasteiger partial charge on any atom is 0.303 e. The highest BCUT2D eigenvalue weighted by Gasteiger charge is 2.32. The Labute approximate surface area is 166 Å². The Kier molecular flexibility index (Phi) is 6.93. The van der Waals surface area contributed by atoms with Gasteiger partial charge in [0.2, 0.25) is 5.96 Å². The van der Waals surface area contributed by atoms with E-state index in [0.717, 1.165) is 56.9 Å². The molecule has 1 aliphatic carbocycles. The highest BCUT2D eigenvalue weighted by molar-refractivity contribution is 7.90. The minimum absolute atomic E-state index is 0.180. The first-order valence-corrected chi connectivity index (χ1v) is 11.6. The Balaban J connectivity index is 1.53. The zero-order chi connectivity index (χ0) is 20.0. The molecule has 2 aliphatic rings. The van der Waals surface area contributed by atoms with Crippen molar-refractivity contribution in [3.8, 4) is 0 Å². The first kappa shape index (κ1) is 20.6. The summed E-state index contributed by atoms with van der Waals surface area (Å²) in [4.78, 5) is 15.3. The number of carbonyl (C=O) groups is 1. The number of guanidine groups is 1. The largest absolute Gasteiger partial charge is 0.481 e. The Morgan fingerprint density at radius 2 is 1.96 bits per heavy atom. The smallest absolute Gasteiger partial charge is 0.303 e. The minimum Gasteiger partial charge on any atom is -0.481 e. The number of aliphatic carboxylic acids is 1. The van der Waals surface area contributed by atoms with Gasteiger partial charge in [-0.05, 0) is 49.8 Å². The molecule has 1 aromatic carbocycles. The van der Waals surface area contributed by atoms with Crippen LogP contribution in [-0.2, 0) is 21.2 Å². The van der Waals surface area contributed by atoms with Crippen LogP contribution in [0.3, 0.4) is 0 Å². The summed E-state index contributed by atoms with van der Waals surface area (Å²) in [6.07, 6.45) is 8.72. The lowest BCUT2D eigenvalue weighted by atomic mass is 9.92. The number of fused-ring (bicyclic) bond motifs is 1. The van der Waals surface area contributed by atoms with Gasteiger partial charge in [0, 0.05) is 6.42 Å². The molecule has 1 aromatic rings. The predicted molar refractivity (Wildman–Crippen MR) is 108 cm³/mol. The molecule has 1 saturated carbocycles. The molecule has 0 radical (unpaired) electrons. The van der Waals surface area contributed by atoms with Gasteiger partial charge in [0.1, 0.15) is 0 Å². The number of nitrogens with one attached hydrogen (secondary N) is 2. The third kappa shape index (κ3) is 5.70. The van der Waals surface area contributed by atoms with Crippen LogP contribution in [0.4, 0.5) is 0 Å². The monoisotopic (exact) mass is 407 g/mol. The fourth-order valence-corrected chi connectivity index (χ4v) is 4.93. The number of rotatable bonds is 9. The van der Waals surface area contributed by atoms with Gasteiger partial charge in [-0.3, -0.25) is 4.79 Å². The van der Waals surface area contributed by atoms with E-state index >= 15 is 0 Å². The number of unbranched alkanes of at least 4 members (excludes halogenated alkanes) is 3. The molecule has 3 rings (SSSR count). The Morgan fingerprint density at radius 3 is 2.75 bits per heavy atom. The normalized spacial score (nSPS) is 21.5. The summed E-state index contributed by atoms with van der Waals surface area (Å²) in [7, 11) is -3.67. The van der Waals surface area contributed by atoms with Crippen LogP contribution in [0.5, 0.6) is 0 Å². The van der Waals surface area contributed by atoms with E-state index in [9.17, 15) is 13.2 Å². The zero-order valence-electron chi connectivity index (χ0n) is 16.1. The SMILES string of the molecule is O=C(O)CCCCCCc1cccc(S(=O)(=O)NC2=NC3CCCCC3N2)c1. The molecule has 1 fully saturated rings. The first-order chi connectivity index (χ1) is 13.4. The molecule has 8 heteroatoms. The van der Waals surface area contributed by atoms with Gasteiger partial charge in [0.25, 0.3) is 10.0 Å². The molecule has 0 saturated heterocycles. The zero-order valence-corrected chi connectivity index (χ0v) is 16.9. The molecule has 2 atom stereocenters. The maximum atomic E-state index is 12.7. The van der Waals surface area contributed by atoms with Crippen LogP contribution in [0.25, 0.3) is 0 Å². The van der Waals surface area contributed by atoms with E-state index in [1.54, 1.807) is 18.2 Å². The Hall–Kier alpha value is -2.09. The van der Waals surface area contributed by atoms with Gasteiger partial charge >= 0.3 is 5.97 Å². The van der Waals surface area contributed by atoms with Crippen LogP contribution in [0.1, 0.15) is 63.4 Å². The van der Waals surface area contributed by atoms with E-state index < -0.39 is 16.0 Å². The number of hydrogen-bond acceptors (Lipinski definition) is 5. The number of hydrogen-bond donors (Lipinski definition) is 3. The van der Waals surface area contributed by atoms with Crippen molar-refractivity contribution in [3.05, 3.63) is 29.8 Å². The van der Waals surface area contributed by atoms with Gasteiger partial charge in [-0.1, -0.05) is 37.8 Å². The highest BCUT2D eigenvalue weighted by atomic mass is 32.2. The number of sulfonamides is 1. The van der Waals surface area contributed by atoms with E-state index in [0.29, 0.717) is 12.4 Å². The summed E-state index contributed by atoms with van der Waals surface area (Å²) in [6, 6.07) is 7.43. The topological polar surface area (TPSA) is 108 Å². The first-order valence-electron chi connectivity index (χ1n) is 10.1. The van der Waals surface area contributed by atoms with Crippen LogP contribution in [0.15, 0.2) is 34.2 Å². The van der Waals surface area contributed by atoms with E-state index in [1.807, 2.05) is 6.07 Å². The number of carboxylic acid groups (broad SMARTS) is 1. The lowest BCUT2D eigenvalue weighted by Crippen LogP contribution is -2.43. The van der Waals surface area contributed by atoms with E-state index in [-0.39, 0.29) is 23.4 Å². The van der Waals surface area contributed by atoms with Crippen molar-refractivity contribution in [2.75, 3.05) is 0 Å². The molecule has 0 amide bonds. The highest BCUT2D eigenvalue weighted by Crippen LogP contribution is 2.24. The third-order valence-electron chi connectivity index (χ3n) is 5.39. The molecule has 0 aromatic heterocycles. The van der Waals surface area contributed by atoms with Crippen LogP contribution in [0, 0.1) is 0 Å². The van der Waals surface area contributed by atoms with Crippen molar-refractivity contribution in [1.82, 2.24) is 10.0 Å². The molecule has 7 nitrogen and oxygen atoms in total. The van der Waals surface area contributed by atoms with E-state index in [1.165, 1.54) is 0 Å². The number of carboxylic acids is 1. The summed E-state index contributed by atoms with van der Waals surface area (Å²) >= 11 is 0. The van der Waals surface area contributed by atoms with Crippen molar-refractivity contribution in [2.24, 2.45) is 4.99 Å². The number of nitrogens with zero attached hydrogens (tertiary/aromatic N) is 1. The Bertz CT molecular complexity index is 822. The quantitative estimate of drug-likeness (QED) is 0.546. The van der Waals surface area contributed by atoms with Gasteiger partial charge in [0.15, 0.2) is 0 Å². The summed E-state index contributed by atoms with van der Waals surface area (Å²) in [5.41, 5.74) is 0.969. The number of benzene rings is 1. The number of aliphatic imine (C=N–C) groups is 1. The van der Waals surface area contributed by atoms with E-state index in [2.05, 4.69) is 15.0 Å². The second-order valence-corrected chi connectivity index (χ2v) is 9.32. The molecule has 1 aliphatic heterocycles. The van der Waals surface area contributed by atoms with Crippen molar-refractivity contribution in [1.29, 1.82) is 0 Å². The van der Waals surface area contributed by atoms with E-state index in [4.69, 9.17) is 5.11 Å². The lowest BCUT2D eigenvalue weighted by molar-refractivity contribution is -0.137. The van der Waals surface area contributed by atoms with Gasteiger partial charge < -0.3 is 10.4 Å². The van der Waals surface area contributed by atoms with Gasteiger partial charge in [-0.25, -0.2) is 18.1 Å². The summed E-state index contributed by atoms with van der Waals surface area (Å²) < 4.78 is 28.1. The molecule has 28 heavy (non-hydrogen) atoms. The molecular formula is C20H29N3O4S. The molecule has 0 spiro atoms. The van der Waals surface area contributed by atoms with Gasteiger partial charge in [-0.2, -0.15) is 0 Å². The maximum absolute atomic E-state index is 12.7. The second-order valence-electron chi connectivity index (χ2n) is 7.64.